The van der Waals surface area contributed by atoms with E-state index in [-0.39, 0.29) is 42.3 Å². The Hall–Kier alpha value is -6.55. The van der Waals surface area contributed by atoms with E-state index in [1.807, 2.05) is 18.2 Å². The number of nitrogens with two attached hydrogens (primary N) is 2. The number of amides is 3. The number of guanidine groups is 1. The van der Waals surface area contributed by atoms with E-state index in [0.29, 0.717) is 22.6 Å². The van der Waals surface area contributed by atoms with E-state index in [4.69, 9.17) is 35.2 Å². The maximum atomic E-state index is 14.9. The van der Waals surface area contributed by atoms with Gasteiger partial charge in [-0.25, -0.2) is 19.1 Å². The van der Waals surface area contributed by atoms with Crippen LogP contribution in [0.25, 0.3) is 0 Å². The number of carboxylic acid groups (broad SMARTS) is 1. The lowest BCUT2D eigenvalue weighted by molar-refractivity contribution is -0.192. The highest BCUT2D eigenvalue weighted by atomic mass is 31.2. The van der Waals surface area contributed by atoms with Crippen LogP contribution in [0.2, 0.25) is 0 Å². The van der Waals surface area contributed by atoms with Crippen LogP contribution in [0.5, 0.6) is 11.5 Å². The Morgan fingerprint density at radius 2 is 1.22 bits per heavy atom. The fraction of sp³-hybridized carbons (Fsp3) is 0.171. The Morgan fingerprint density at radius 3 is 1.63 bits per heavy atom. The van der Waals surface area contributed by atoms with Crippen LogP contribution < -0.4 is 36.5 Å². The molecule has 4 rings (SSSR count). The average molecular weight is 773 g/mol. The van der Waals surface area contributed by atoms with Crippen molar-refractivity contribution in [2.75, 3.05) is 10.6 Å². The van der Waals surface area contributed by atoms with E-state index in [9.17, 15) is 32.1 Å². The Balaban J connectivity index is 0.00000102. The Kier molecular flexibility index (Phi) is 15.0. The third kappa shape index (κ3) is 14.6. The first kappa shape index (κ1) is 41.9. The number of alkyl halides is 3. The number of nitrogens with one attached hydrogen (secondary N) is 3. The van der Waals surface area contributed by atoms with Gasteiger partial charge in [0.2, 0.25) is 11.8 Å². The van der Waals surface area contributed by atoms with Crippen molar-refractivity contribution in [3.63, 3.8) is 0 Å². The second-order valence-corrected chi connectivity index (χ2v) is 13.1. The van der Waals surface area contributed by atoms with Gasteiger partial charge in [0.25, 0.3) is 0 Å². The lowest BCUT2D eigenvalue weighted by Gasteiger charge is -2.28. The lowest BCUT2D eigenvalue weighted by atomic mass is 10.1. The Labute approximate surface area is 307 Å². The van der Waals surface area contributed by atoms with Gasteiger partial charge in [0, 0.05) is 31.6 Å². The normalized spacial score (nSPS) is 11.4. The van der Waals surface area contributed by atoms with Gasteiger partial charge in [-0.1, -0.05) is 42.5 Å². The summed E-state index contributed by atoms with van der Waals surface area (Å²) in [6.45, 7) is 2.72. The third-order valence-electron chi connectivity index (χ3n) is 6.56. The molecule has 0 aliphatic rings. The molecule has 0 aromatic heterocycles. The van der Waals surface area contributed by atoms with Crippen molar-refractivity contribution in [3.8, 4) is 11.5 Å². The van der Waals surface area contributed by atoms with E-state index in [1.54, 1.807) is 60.7 Å². The molecule has 15 nitrogen and oxygen atoms in total. The molecule has 8 N–H and O–H groups in total. The number of anilines is 2. The van der Waals surface area contributed by atoms with E-state index in [1.165, 1.54) is 38.1 Å². The summed E-state index contributed by atoms with van der Waals surface area (Å²) in [5.74, 6) is -4.38. The zero-order chi connectivity index (χ0) is 39.9. The van der Waals surface area contributed by atoms with Crippen molar-refractivity contribution in [3.05, 3.63) is 114 Å². The number of nitrogens with zero attached hydrogens (tertiary/aromatic N) is 1. The number of aliphatic imine (C=N–C) groups is 1. The van der Waals surface area contributed by atoms with Gasteiger partial charge in [0.1, 0.15) is 18.1 Å². The van der Waals surface area contributed by atoms with Crippen LogP contribution in [0.4, 0.5) is 35.0 Å². The number of halogens is 3. The van der Waals surface area contributed by atoms with Crippen LogP contribution >= 0.6 is 7.60 Å². The minimum absolute atomic E-state index is 0.0201. The third-order valence-corrected chi connectivity index (χ3v) is 8.57. The molecule has 0 saturated carbocycles. The molecule has 0 aliphatic heterocycles. The minimum atomic E-state index is -5.08. The molecule has 19 heteroatoms. The number of hydrogen-bond donors (Lipinski definition) is 6. The number of carbonyl (C=O) groups is 4. The van der Waals surface area contributed by atoms with Crippen molar-refractivity contribution in [1.82, 2.24) is 5.32 Å². The summed E-state index contributed by atoms with van der Waals surface area (Å²) >= 11 is 0. The van der Waals surface area contributed by atoms with Crippen molar-refractivity contribution in [2.45, 2.75) is 38.8 Å². The number of aliphatic carboxylic acids is 1. The highest BCUT2D eigenvalue weighted by Crippen LogP contribution is 2.53. The minimum Gasteiger partial charge on any atom is -0.475 e. The SMILES string of the molecule is CC(=O)Nc1ccc(OP(=O)(Oc2ccc(NC(C)=O)cc2)C(Cc2ccc(N=C(N)N)cc2)NC(=O)OCc2ccccc2)cc1.O=C(O)C(F)(F)F. The second kappa shape index (κ2) is 19.3. The van der Waals surface area contributed by atoms with Crippen molar-refractivity contribution >= 4 is 54.5 Å². The van der Waals surface area contributed by atoms with Gasteiger partial charge in [-0.3, -0.25) is 9.59 Å². The molecule has 0 radical (unpaired) electrons. The number of ether oxygens (including phenoxy) is 1. The summed E-state index contributed by atoms with van der Waals surface area (Å²) in [5, 5.41) is 15.1. The zero-order valence-corrected chi connectivity index (χ0v) is 29.6. The number of benzene rings is 4. The van der Waals surface area contributed by atoms with Crippen LogP contribution in [0, 0.1) is 0 Å². The van der Waals surface area contributed by atoms with Gasteiger partial charge >= 0.3 is 25.8 Å². The molecule has 0 aliphatic carbocycles. The highest BCUT2D eigenvalue weighted by molar-refractivity contribution is 7.55. The van der Waals surface area contributed by atoms with Crippen LogP contribution in [0.1, 0.15) is 25.0 Å². The first-order valence-corrected chi connectivity index (χ1v) is 17.2. The number of rotatable bonds is 13. The molecule has 4 aromatic carbocycles. The molecule has 3 amide bonds. The van der Waals surface area contributed by atoms with E-state index in [2.05, 4.69) is 20.9 Å². The first-order valence-electron chi connectivity index (χ1n) is 15.6. The van der Waals surface area contributed by atoms with Gasteiger partial charge < -0.3 is 46.3 Å². The largest absolute Gasteiger partial charge is 0.490 e. The lowest BCUT2D eigenvalue weighted by Crippen LogP contribution is -2.39. The van der Waals surface area contributed by atoms with Crippen molar-refractivity contribution < 1.29 is 55.8 Å². The summed E-state index contributed by atoms with van der Waals surface area (Å²) < 4.78 is 64.2. The number of hydrogen-bond acceptors (Lipinski definition) is 9. The fourth-order valence-electron chi connectivity index (χ4n) is 4.27. The summed E-state index contributed by atoms with van der Waals surface area (Å²) in [4.78, 5) is 49.0. The molecule has 0 fully saturated rings. The molecule has 0 spiro atoms. The average Bonchev–Trinajstić information content (AvgIpc) is 3.09. The van der Waals surface area contributed by atoms with Crippen molar-refractivity contribution in [2.24, 2.45) is 16.5 Å². The van der Waals surface area contributed by atoms with Crippen LogP contribution in [-0.2, 0) is 36.7 Å². The van der Waals surface area contributed by atoms with Crippen LogP contribution in [-0.4, -0.2) is 46.9 Å². The molecule has 0 heterocycles. The van der Waals surface area contributed by atoms with Gasteiger partial charge in [-0.05, 0) is 71.8 Å². The molecular weight excluding hydrogens is 736 g/mol. The van der Waals surface area contributed by atoms with Crippen LogP contribution in [0.3, 0.4) is 0 Å². The highest BCUT2D eigenvalue weighted by Gasteiger charge is 2.41. The zero-order valence-electron chi connectivity index (χ0n) is 28.7. The van der Waals surface area contributed by atoms with Gasteiger partial charge in [-0.2, -0.15) is 13.2 Å². The summed E-state index contributed by atoms with van der Waals surface area (Å²) in [7, 11) is -4.36. The molecular formula is C35H36F3N6O9P. The van der Waals surface area contributed by atoms with E-state index >= 15 is 0 Å². The summed E-state index contributed by atoms with van der Waals surface area (Å²) in [6, 6.07) is 28.1. The standard InChI is InChI=1S/C33H35N6O7P.C2HF3O2/c1-22(40)36-26-12-16-29(17-13-26)45-47(43,46-30-18-14-27(15-19-30)37-23(2)41)31(20-24-8-10-28(11-9-24)38-32(34)35)39-33(42)44-21-25-6-4-3-5-7-25;3-2(4,5)1(6)7/h3-19,31H,20-21H2,1-2H3,(H,36,40)(H,37,41)(H,39,42)(H4,34,35,38);(H,6,7). The summed E-state index contributed by atoms with van der Waals surface area (Å²) in [6.07, 6.45) is -5.96. The molecule has 54 heavy (non-hydrogen) atoms. The van der Waals surface area contributed by atoms with Gasteiger partial charge in [0.05, 0.1) is 5.69 Å². The Morgan fingerprint density at radius 1 is 0.759 bits per heavy atom. The molecule has 0 saturated heterocycles. The molecule has 286 valence electrons. The molecule has 0 bridgehead atoms. The predicted octanol–water partition coefficient (Wildman–Crippen LogP) is 6.29. The molecule has 1 unspecified atom stereocenters. The maximum absolute atomic E-state index is 14.9. The number of carboxylic acids is 1. The summed E-state index contributed by atoms with van der Waals surface area (Å²) in [5.41, 5.74) is 13.9. The fourth-order valence-corrected chi connectivity index (χ4v) is 6.09. The van der Waals surface area contributed by atoms with Gasteiger partial charge in [0.15, 0.2) is 11.7 Å². The quantitative estimate of drug-likeness (QED) is 0.0502. The Bertz CT molecular complexity index is 1890. The monoisotopic (exact) mass is 772 g/mol. The molecule has 1 atom stereocenters. The smallest absolute Gasteiger partial charge is 0.475 e. The van der Waals surface area contributed by atoms with E-state index < -0.39 is 31.6 Å². The van der Waals surface area contributed by atoms with Crippen LogP contribution in [0.15, 0.2) is 108 Å². The molecule has 4 aromatic rings. The predicted molar refractivity (Wildman–Crippen MR) is 193 cm³/mol. The van der Waals surface area contributed by atoms with E-state index in [0.717, 1.165) is 5.56 Å². The number of carbonyl (C=O) groups excluding carboxylic acids is 3. The topological polar surface area (TPSA) is 234 Å². The first-order chi connectivity index (χ1) is 25.4. The number of alkyl carbamates (subject to hydrolysis) is 1. The maximum Gasteiger partial charge on any atom is 0.490 e. The van der Waals surface area contributed by atoms with Gasteiger partial charge in [-0.15, -0.1) is 0 Å². The second-order valence-electron chi connectivity index (χ2n) is 11.1. The van der Waals surface area contributed by atoms with Crippen molar-refractivity contribution in [1.29, 1.82) is 0 Å².